The van der Waals surface area contributed by atoms with Gasteiger partial charge in [0.15, 0.2) is 5.03 Å². The molecule has 2 rings (SSSR count). The predicted molar refractivity (Wildman–Crippen MR) is 71.6 cm³/mol. The van der Waals surface area contributed by atoms with Crippen LogP contribution in [0.3, 0.4) is 0 Å². The van der Waals surface area contributed by atoms with Crippen LogP contribution in [0.1, 0.15) is 19.8 Å². The fourth-order valence-electron chi connectivity index (χ4n) is 2.08. The van der Waals surface area contributed by atoms with Crippen LogP contribution in [0.4, 0.5) is 0 Å². The number of thiocarbonyl (C=S) groups is 1. The van der Waals surface area contributed by atoms with E-state index in [1.165, 1.54) is 16.8 Å². The first-order valence-electron chi connectivity index (χ1n) is 5.79. The first kappa shape index (κ1) is 13.4. The second-order valence-corrected chi connectivity index (χ2v) is 6.53. The molecule has 1 fully saturated rings. The molecule has 1 aromatic rings. The van der Waals surface area contributed by atoms with Crippen molar-refractivity contribution in [3.05, 3.63) is 12.5 Å². The number of nitrogens with zero attached hydrogens (tertiary/aromatic N) is 3. The lowest BCUT2D eigenvalue weighted by Gasteiger charge is -2.21. The smallest absolute Gasteiger partial charge is 0.262 e. The Labute approximate surface area is 112 Å². The van der Waals surface area contributed by atoms with E-state index >= 15 is 0 Å². The van der Waals surface area contributed by atoms with Crippen molar-refractivity contribution in [2.75, 3.05) is 6.54 Å². The molecule has 0 radical (unpaired) electrons. The van der Waals surface area contributed by atoms with E-state index in [2.05, 4.69) is 4.98 Å². The second kappa shape index (κ2) is 4.94. The molecule has 8 heteroatoms. The van der Waals surface area contributed by atoms with E-state index in [0.717, 1.165) is 6.42 Å². The molecule has 18 heavy (non-hydrogen) atoms. The van der Waals surface area contributed by atoms with Gasteiger partial charge in [-0.15, -0.1) is 0 Å². The van der Waals surface area contributed by atoms with E-state index in [1.54, 1.807) is 4.57 Å². The van der Waals surface area contributed by atoms with Gasteiger partial charge >= 0.3 is 0 Å². The van der Waals surface area contributed by atoms with Crippen LogP contribution >= 0.6 is 12.2 Å². The first-order chi connectivity index (χ1) is 8.46. The van der Waals surface area contributed by atoms with Gasteiger partial charge in [0.1, 0.15) is 0 Å². The van der Waals surface area contributed by atoms with Gasteiger partial charge in [-0.2, -0.15) is 4.31 Å². The molecule has 100 valence electrons. The van der Waals surface area contributed by atoms with Gasteiger partial charge in [0.25, 0.3) is 10.0 Å². The van der Waals surface area contributed by atoms with E-state index in [4.69, 9.17) is 18.0 Å². The normalized spacial score (nSPS) is 21.3. The van der Waals surface area contributed by atoms with Gasteiger partial charge in [0.05, 0.1) is 17.4 Å². The zero-order chi connectivity index (χ0) is 13.3. The number of nitrogens with two attached hydrogens (primary N) is 1. The highest BCUT2D eigenvalue weighted by Crippen LogP contribution is 2.25. The molecule has 0 bridgehead atoms. The zero-order valence-corrected chi connectivity index (χ0v) is 11.7. The Morgan fingerprint density at radius 1 is 1.67 bits per heavy atom. The molecule has 1 aliphatic rings. The molecule has 0 aromatic carbocycles. The summed E-state index contributed by atoms with van der Waals surface area (Å²) >= 11 is 4.93. The summed E-state index contributed by atoms with van der Waals surface area (Å²) in [6, 6.07) is -0.378. The van der Waals surface area contributed by atoms with Crippen molar-refractivity contribution >= 4 is 27.2 Å². The molecule has 0 spiro atoms. The molecule has 2 heterocycles. The minimum atomic E-state index is -3.59. The summed E-state index contributed by atoms with van der Waals surface area (Å²) < 4.78 is 27.9. The summed E-state index contributed by atoms with van der Waals surface area (Å²) in [6.45, 7) is 3.05. The number of hydrogen-bond acceptors (Lipinski definition) is 4. The quantitative estimate of drug-likeness (QED) is 0.808. The number of hydrogen-bond donors (Lipinski definition) is 1. The molecular weight excluding hydrogens is 272 g/mol. The molecule has 1 aliphatic heterocycles. The predicted octanol–water partition coefficient (Wildman–Crippen LogP) is 0.342. The maximum Gasteiger partial charge on any atom is 0.262 e. The van der Waals surface area contributed by atoms with Gasteiger partial charge in [-0.1, -0.05) is 12.2 Å². The summed E-state index contributed by atoms with van der Waals surface area (Å²) in [4.78, 5) is 4.17. The lowest BCUT2D eigenvalue weighted by atomic mass is 10.2. The third-order valence-electron chi connectivity index (χ3n) is 3.08. The van der Waals surface area contributed by atoms with Crippen LogP contribution in [0.5, 0.6) is 0 Å². The van der Waals surface area contributed by atoms with Crippen LogP contribution in [-0.4, -0.2) is 39.8 Å². The van der Waals surface area contributed by atoms with Crippen LogP contribution < -0.4 is 5.73 Å². The third kappa shape index (κ3) is 2.27. The third-order valence-corrected chi connectivity index (χ3v) is 5.15. The van der Waals surface area contributed by atoms with Gasteiger partial charge in [-0.25, -0.2) is 13.4 Å². The highest BCUT2D eigenvalue weighted by Gasteiger charge is 2.37. The van der Waals surface area contributed by atoms with Gasteiger partial charge in [-0.3, -0.25) is 0 Å². The standard InChI is InChI=1S/C10H16N4O2S2/c1-2-13-6-9(12-7-13)18(15,16)14-5-3-4-8(14)10(11)17/h6-8H,2-5H2,1H3,(H2,11,17). The van der Waals surface area contributed by atoms with E-state index in [0.29, 0.717) is 19.5 Å². The number of aromatic nitrogens is 2. The molecule has 0 saturated carbocycles. The summed E-state index contributed by atoms with van der Waals surface area (Å²) in [7, 11) is -3.59. The van der Waals surface area contributed by atoms with Crippen molar-refractivity contribution in [1.82, 2.24) is 13.9 Å². The maximum absolute atomic E-state index is 12.4. The lowest BCUT2D eigenvalue weighted by molar-refractivity contribution is 0.444. The summed E-state index contributed by atoms with van der Waals surface area (Å²) in [5, 5.41) is 0.0625. The van der Waals surface area contributed by atoms with E-state index in [1.807, 2.05) is 6.92 Å². The van der Waals surface area contributed by atoms with Crippen LogP contribution in [-0.2, 0) is 16.6 Å². The topological polar surface area (TPSA) is 81.2 Å². The lowest BCUT2D eigenvalue weighted by Crippen LogP contribution is -2.42. The minimum Gasteiger partial charge on any atom is -0.392 e. The van der Waals surface area contributed by atoms with E-state index in [-0.39, 0.29) is 16.1 Å². The largest absolute Gasteiger partial charge is 0.392 e. The molecule has 0 aliphatic carbocycles. The fourth-order valence-corrected chi connectivity index (χ4v) is 4.00. The number of aryl methyl sites for hydroxylation is 1. The van der Waals surface area contributed by atoms with Crippen molar-refractivity contribution in [2.24, 2.45) is 5.73 Å². The highest BCUT2D eigenvalue weighted by molar-refractivity contribution is 7.89. The van der Waals surface area contributed by atoms with Crippen LogP contribution in [0, 0.1) is 0 Å². The van der Waals surface area contributed by atoms with Crippen LogP contribution in [0.25, 0.3) is 0 Å². The monoisotopic (exact) mass is 288 g/mol. The number of sulfonamides is 1. The van der Waals surface area contributed by atoms with Gasteiger partial charge in [0.2, 0.25) is 0 Å². The number of rotatable bonds is 4. The molecule has 1 unspecified atom stereocenters. The Bertz CT molecular complexity index is 552. The van der Waals surface area contributed by atoms with Gasteiger partial charge < -0.3 is 10.3 Å². The molecular formula is C10H16N4O2S2. The Morgan fingerprint density at radius 3 is 2.94 bits per heavy atom. The van der Waals surface area contributed by atoms with Crippen LogP contribution in [0.15, 0.2) is 17.6 Å². The zero-order valence-electron chi connectivity index (χ0n) is 10.1. The first-order valence-corrected chi connectivity index (χ1v) is 7.64. The molecule has 1 saturated heterocycles. The highest BCUT2D eigenvalue weighted by atomic mass is 32.2. The minimum absolute atomic E-state index is 0.0625. The van der Waals surface area contributed by atoms with Crippen molar-refractivity contribution in [3.63, 3.8) is 0 Å². The Kier molecular flexibility index (Phi) is 3.69. The summed E-state index contributed by atoms with van der Waals surface area (Å²) in [6.07, 6.45) is 4.50. The molecule has 2 N–H and O–H groups in total. The second-order valence-electron chi connectivity index (χ2n) is 4.22. The van der Waals surface area contributed by atoms with Gasteiger partial charge in [0, 0.05) is 19.3 Å². The average Bonchev–Trinajstić information content (AvgIpc) is 2.98. The van der Waals surface area contributed by atoms with Gasteiger partial charge in [-0.05, 0) is 19.8 Å². The Hall–Kier alpha value is -0.990. The Balaban J connectivity index is 2.33. The average molecular weight is 288 g/mol. The number of imidazole rings is 1. The van der Waals surface area contributed by atoms with E-state index in [9.17, 15) is 8.42 Å². The fraction of sp³-hybridized carbons (Fsp3) is 0.600. The van der Waals surface area contributed by atoms with Crippen molar-refractivity contribution in [3.8, 4) is 0 Å². The maximum atomic E-state index is 12.4. The van der Waals surface area contributed by atoms with Crippen molar-refractivity contribution in [1.29, 1.82) is 0 Å². The molecule has 6 nitrogen and oxygen atoms in total. The summed E-state index contributed by atoms with van der Waals surface area (Å²) in [5.74, 6) is 0. The molecule has 1 aromatic heterocycles. The van der Waals surface area contributed by atoms with E-state index < -0.39 is 10.0 Å². The van der Waals surface area contributed by atoms with Crippen molar-refractivity contribution < 1.29 is 8.42 Å². The Morgan fingerprint density at radius 2 is 2.39 bits per heavy atom. The molecule has 0 amide bonds. The van der Waals surface area contributed by atoms with Crippen LogP contribution in [0.2, 0.25) is 0 Å². The van der Waals surface area contributed by atoms with Crippen molar-refractivity contribution in [2.45, 2.75) is 37.4 Å². The summed E-state index contributed by atoms with van der Waals surface area (Å²) in [5.41, 5.74) is 5.59. The molecule has 1 atom stereocenters. The SMILES string of the molecule is CCn1cnc(S(=O)(=O)N2CCCC2C(N)=S)c1.